The van der Waals surface area contributed by atoms with Gasteiger partial charge in [-0.2, -0.15) is 4.98 Å². The molecule has 1 aliphatic heterocycles. The first-order chi connectivity index (χ1) is 12.6. The van der Waals surface area contributed by atoms with Crippen molar-refractivity contribution in [2.45, 2.75) is 25.1 Å². The minimum atomic E-state index is -0.489. The van der Waals surface area contributed by atoms with Crippen LogP contribution in [0.2, 0.25) is 0 Å². The Bertz CT molecular complexity index is 865. The molecule has 1 fully saturated rings. The molecule has 0 aliphatic carbocycles. The Labute approximate surface area is 148 Å². The molecule has 4 rings (SSSR count). The number of β-amino-alcohol motifs (C(OH)–C–C–N with tert-alkyl or cyclic N) is 1. The lowest BCUT2D eigenvalue weighted by atomic mass is 10.2. The minimum Gasteiger partial charge on any atom is -0.733 e. The maximum absolute atomic E-state index is 11.0. The van der Waals surface area contributed by atoms with E-state index in [0.717, 1.165) is 5.82 Å². The molecule has 0 saturated carbocycles. The van der Waals surface area contributed by atoms with E-state index in [0.29, 0.717) is 36.8 Å². The third kappa shape index (κ3) is 3.30. The molecule has 0 radical (unpaired) electrons. The van der Waals surface area contributed by atoms with Gasteiger partial charge in [0.15, 0.2) is 0 Å². The van der Waals surface area contributed by atoms with Crippen LogP contribution in [0.15, 0.2) is 41.2 Å². The Hall–Kier alpha value is -2.79. The third-order valence-electron chi connectivity index (χ3n) is 4.34. The van der Waals surface area contributed by atoms with Crippen LogP contribution in [-0.4, -0.2) is 48.0 Å². The summed E-state index contributed by atoms with van der Waals surface area (Å²) in [5.41, 5.74) is 0.619. The van der Waals surface area contributed by atoms with Gasteiger partial charge in [0.25, 0.3) is 0 Å². The Kier molecular flexibility index (Phi) is 4.39. The molecule has 2 atom stereocenters. The summed E-state index contributed by atoms with van der Waals surface area (Å²) in [6.45, 7) is 1.01. The van der Waals surface area contributed by atoms with E-state index in [9.17, 15) is 10.3 Å². The van der Waals surface area contributed by atoms with Crippen LogP contribution >= 0.6 is 0 Å². The van der Waals surface area contributed by atoms with Gasteiger partial charge in [0, 0.05) is 24.5 Å². The van der Waals surface area contributed by atoms with Gasteiger partial charge in [-0.05, 0) is 18.6 Å². The van der Waals surface area contributed by atoms with Crippen LogP contribution in [0.3, 0.4) is 0 Å². The summed E-state index contributed by atoms with van der Waals surface area (Å²) >= 11 is 0. The monoisotopic (exact) mass is 357 g/mol. The van der Waals surface area contributed by atoms with E-state index in [1.165, 1.54) is 12.1 Å². The number of aliphatic hydroxyl groups is 1. The second-order valence-corrected chi connectivity index (χ2v) is 6.15. The second kappa shape index (κ2) is 6.84. The van der Waals surface area contributed by atoms with Crippen molar-refractivity contribution < 1.29 is 14.8 Å². The van der Waals surface area contributed by atoms with Crippen LogP contribution in [0.4, 0.5) is 5.69 Å². The van der Waals surface area contributed by atoms with Crippen LogP contribution < -0.4 is 5.23 Å². The zero-order valence-electron chi connectivity index (χ0n) is 13.7. The first-order valence-electron chi connectivity index (χ1n) is 8.10. The fraction of sp³-hybridized carbons (Fsp3) is 0.312. The average Bonchev–Trinajstić information content (AvgIpc) is 3.36. The largest absolute Gasteiger partial charge is 0.733 e. The maximum atomic E-state index is 11.0. The number of imidazole rings is 1. The van der Waals surface area contributed by atoms with Crippen LogP contribution in [0, 0.1) is 5.21 Å². The Morgan fingerprint density at radius 2 is 2.31 bits per heavy atom. The highest BCUT2D eigenvalue weighted by Gasteiger charge is 2.36. The van der Waals surface area contributed by atoms with Gasteiger partial charge in [-0.1, -0.05) is 17.3 Å². The second-order valence-electron chi connectivity index (χ2n) is 6.15. The predicted molar refractivity (Wildman–Crippen MR) is 89.7 cm³/mol. The van der Waals surface area contributed by atoms with Crippen LogP contribution in [0.1, 0.15) is 24.2 Å². The topological polar surface area (TPSA) is 138 Å². The molecule has 1 aromatic carbocycles. The Balaban J connectivity index is 1.57. The van der Waals surface area contributed by atoms with E-state index in [4.69, 9.17) is 9.73 Å². The number of rotatable bonds is 5. The highest BCUT2D eigenvalue weighted by atomic mass is 16.8. The fourth-order valence-corrected chi connectivity index (χ4v) is 3.14. The number of hydrogen-bond donors (Lipinski definition) is 3. The summed E-state index contributed by atoms with van der Waals surface area (Å²) in [5, 5.41) is 33.9. The molecule has 0 unspecified atom stereocenters. The zero-order chi connectivity index (χ0) is 18.1. The molecule has 3 aromatic rings. The van der Waals surface area contributed by atoms with Crippen molar-refractivity contribution >= 4 is 5.69 Å². The summed E-state index contributed by atoms with van der Waals surface area (Å²) in [5.74, 6) is 1.48. The first-order valence-corrected chi connectivity index (χ1v) is 8.10. The van der Waals surface area contributed by atoms with Crippen LogP contribution in [0.25, 0.3) is 11.4 Å². The number of aliphatic hydroxyl groups excluding tert-OH is 1. The summed E-state index contributed by atoms with van der Waals surface area (Å²) in [7, 11) is 0. The maximum Gasteiger partial charge on any atom is 0.244 e. The Morgan fingerprint density at radius 1 is 1.42 bits per heavy atom. The molecular formula is C16H17N6O4-. The van der Waals surface area contributed by atoms with Crippen molar-refractivity contribution in [3.8, 4) is 11.4 Å². The van der Waals surface area contributed by atoms with Crippen molar-refractivity contribution in [1.82, 2.24) is 25.0 Å². The van der Waals surface area contributed by atoms with Gasteiger partial charge < -0.3 is 25.0 Å². The highest BCUT2D eigenvalue weighted by Crippen LogP contribution is 2.33. The van der Waals surface area contributed by atoms with E-state index in [-0.39, 0.29) is 17.0 Å². The number of benzene rings is 1. The van der Waals surface area contributed by atoms with E-state index >= 15 is 0 Å². The van der Waals surface area contributed by atoms with Gasteiger partial charge in [0.2, 0.25) is 11.7 Å². The van der Waals surface area contributed by atoms with Gasteiger partial charge in [-0.15, -0.1) is 0 Å². The van der Waals surface area contributed by atoms with E-state index in [1.54, 1.807) is 24.5 Å². The molecule has 1 saturated heterocycles. The highest BCUT2D eigenvalue weighted by molar-refractivity contribution is 5.62. The molecule has 1 aliphatic rings. The lowest BCUT2D eigenvalue weighted by molar-refractivity contribution is 0.167. The molecule has 0 bridgehead atoms. The van der Waals surface area contributed by atoms with Crippen LogP contribution in [0.5, 0.6) is 0 Å². The lowest BCUT2D eigenvalue weighted by Crippen LogP contribution is -2.25. The molecule has 136 valence electrons. The number of H-pyrrole nitrogens is 1. The van der Waals surface area contributed by atoms with Gasteiger partial charge in [-0.3, -0.25) is 10.1 Å². The van der Waals surface area contributed by atoms with Gasteiger partial charge in [0.1, 0.15) is 5.82 Å². The lowest BCUT2D eigenvalue weighted by Gasteiger charge is -2.21. The molecule has 10 heteroatoms. The molecule has 0 spiro atoms. The summed E-state index contributed by atoms with van der Waals surface area (Å²) in [6.07, 6.45) is 3.41. The van der Waals surface area contributed by atoms with Crippen molar-refractivity contribution in [3.63, 3.8) is 0 Å². The molecule has 3 heterocycles. The summed E-state index contributed by atoms with van der Waals surface area (Å²) in [6, 6.07) is 6.03. The van der Waals surface area contributed by atoms with Gasteiger partial charge >= 0.3 is 0 Å². The third-order valence-corrected chi connectivity index (χ3v) is 4.34. The SMILES string of the molecule is [O-]N(O)c1cccc(-c2noc([C@@H]3C[C@@H](O)CN3Cc3ncc[nH]3)n2)c1. The van der Waals surface area contributed by atoms with Gasteiger partial charge in [-0.25, -0.2) is 4.98 Å². The minimum absolute atomic E-state index is 0.0737. The van der Waals surface area contributed by atoms with E-state index in [2.05, 4.69) is 20.1 Å². The molecule has 10 nitrogen and oxygen atoms in total. The number of aromatic nitrogens is 4. The van der Waals surface area contributed by atoms with Crippen molar-refractivity contribution in [2.75, 3.05) is 11.8 Å². The number of likely N-dealkylation sites (tertiary alicyclic amines) is 1. The van der Waals surface area contributed by atoms with E-state index < -0.39 is 6.10 Å². The quantitative estimate of drug-likeness (QED) is 0.579. The summed E-state index contributed by atoms with van der Waals surface area (Å²) < 4.78 is 5.40. The fourth-order valence-electron chi connectivity index (χ4n) is 3.14. The number of nitrogens with zero attached hydrogens (tertiary/aromatic N) is 5. The number of aromatic amines is 1. The smallest absolute Gasteiger partial charge is 0.244 e. The number of nitrogens with one attached hydrogen (secondary N) is 1. The molecule has 3 N–H and O–H groups in total. The van der Waals surface area contributed by atoms with Crippen LogP contribution in [-0.2, 0) is 6.54 Å². The number of hydrogen-bond acceptors (Lipinski definition) is 9. The van der Waals surface area contributed by atoms with Crippen molar-refractivity contribution in [2.24, 2.45) is 0 Å². The zero-order valence-corrected chi connectivity index (χ0v) is 13.7. The Morgan fingerprint density at radius 3 is 3.08 bits per heavy atom. The molecule has 2 aromatic heterocycles. The average molecular weight is 357 g/mol. The first kappa shape index (κ1) is 16.7. The normalized spacial score (nSPS) is 20.6. The number of anilines is 1. The standard InChI is InChI=1S/C16H17N6O4/c23-12-7-13(21(8-12)9-14-17-4-5-18-14)16-19-15(20-26-16)10-2-1-3-11(6-10)22(24)25/h1-6,12-13,23-24H,7-9H2,(H,17,18)/q-1/t12-,13+/m1/s1. The molecule has 0 amide bonds. The van der Waals surface area contributed by atoms with Crippen molar-refractivity contribution in [1.29, 1.82) is 0 Å². The van der Waals surface area contributed by atoms with Gasteiger partial charge in [0.05, 0.1) is 24.4 Å². The van der Waals surface area contributed by atoms with E-state index in [1.807, 2.05) is 4.90 Å². The molecular weight excluding hydrogens is 340 g/mol. The molecule has 26 heavy (non-hydrogen) atoms. The van der Waals surface area contributed by atoms with Crippen molar-refractivity contribution in [3.05, 3.63) is 53.6 Å². The predicted octanol–water partition coefficient (Wildman–Crippen LogP) is 1.46. The summed E-state index contributed by atoms with van der Waals surface area (Å²) in [4.78, 5) is 13.7.